The Morgan fingerprint density at radius 1 is 1.10 bits per heavy atom. The van der Waals surface area contributed by atoms with Gasteiger partial charge in [-0.15, -0.1) is 0 Å². The lowest BCUT2D eigenvalue weighted by Gasteiger charge is -2.22. The fraction of sp³-hybridized carbons (Fsp3) is 0.227. The zero-order valence-corrected chi connectivity index (χ0v) is 17.1. The van der Waals surface area contributed by atoms with Crippen LogP contribution in [0.5, 0.6) is 0 Å². The first-order valence-corrected chi connectivity index (χ1v) is 9.54. The number of fused-ring (bicyclic) bond motifs is 1. The first-order chi connectivity index (χ1) is 14.6. The predicted octanol–water partition coefficient (Wildman–Crippen LogP) is 3.29. The van der Waals surface area contributed by atoms with Crippen molar-refractivity contribution in [2.45, 2.75) is 32.9 Å². The Labute approximate surface area is 176 Å². The van der Waals surface area contributed by atoms with Gasteiger partial charge in [0.1, 0.15) is 11.1 Å². The summed E-state index contributed by atoms with van der Waals surface area (Å²) in [6.07, 6.45) is 0. The number of carbonyl (C=O) groups excluding carboxylic acids is 2. The summed E-state index contributed by atoms with van der Waals surface area (Å²) in [6, 6.07) is 9.79. The number of non-ortho nitro benzene ring substituents is 1. The Hall–Kier alpha value is -4.01. The first kappa shape index (κ1) is 20.3. The number of hydrogen-bond donors (Lipinski definition) is 1. The molecule has 4 rings (SSSR count). The topological polar surface area (TPSA) is 123 Å². The molecule has 1 aromatic heterocycles. The summed E-state index contributed by atoms with van der Waals surface area (Å²) < 4.78 is 5.36. The van der Waals surface area contributed by atoms with E-state index in [1.54, 1.807) is 13.0 Å². The Morgan fingerprint density at radius 2 is 1.77 bits per heavy atom. The van der Waals surface area contributed by atoms with E-state index in [0.717, 1.165) is 16.0 Å². The molecule has 1 N–H and O–H groups in total. The summed E-state index contributed by atoms with van der Waals surface area (Å²) in [4.78, 5) is 49.4. The fourth-order valence-electron chi connectivity index (χ4n) is 3.78. The van der Waals surface area contributed by atoms with E-state index in [4.69, 9.17) is 4.42 Å². The smallest absolute Gasteiger partial charge is 0.336 e. The molecular weight excluding hydrogens is 402 g/mol. The lowest BCUT2D eigenvalue weighted by molar-refractivity contribution is -0.384. The van der Waals surface area contributed by atoms with Gasteiger partial charge in [0.15, 0.2) is 0 Å². The summed E-state index contributed by atoms with van der Waals surface area (Å²) in [5.74, 6) is -0.517. The van der Waals surface area contributed by atoms with Crippen LogP contribution < -0.4 is 10.9 Å². The summed E-state index contributed by atoms with van der Waals surface area (Å²) in [5, 5.41) is 14.2. The van der Waals surface area contributed by atoms with Crippen molar-refractivity contribution in [3.63, 3.8) is 0 Å². The van der Waals surface area contributed by atoms with Crippen LogP contribution in [0.2, 0.25) is 0 Å². The molecule has 158 valence electrons. The number of hydrogen-bond acceptors (Lipinski definition) is 6. The molecule has 0 bridgehead atoms. The van der Waals surface area contributed by atoms with E-state index in [1.807, 2.05) is 19.9 Å². The van der Waals surface area contributed by atoms with Gasteiger partial charge in [0.25, 0.3) is 11.6 Å². The number of carbonyl (C=O) groups is 2. The highest BCUT2D eigenvalue weighted by atomic mass is 16.6. The molecular formula is C22H19N3O6. The van der Waals surface area contributed by atoms with E-state index in [9.17, 15) is 24.5 Å². The minimum atomic E-state index is -1.38. The number of nitro benzene ring substituents is 1. The third-order valence-electron chi connectivity index (χ3n) is 5.78. The maximum absolute atomic E-state index is 13.2. The normalized spacial score (nSPS) is 18.5. The van der Waals surface area contributed by atoms with Crippen molar-refractivity contribution in [1.82, 2.24) is 10.2 Å². The molecule has 2 heterocycles. The quantitative estimate of drug-likeness (QED) is 0.298. The number of benzene rings is 2. The van der Waals surface area contributed by atoms with Crippen LogP contribution in [0.15, 0.2) is 51.7 Å². The lowest BCUT2D eigenvalue weighted by Crippen LogP contribution is -2.40. The van der Waals surface area contributed by atoms with Crippen LogP contribution in [0.1, 0.15) is 29.2 Å². The second-order valence-corrected chi connectivity index (χ2v) is 7.73. The van der Waals surface area contributed by atoms with Gasteiger partial charge in [-0.2, -0.15) is 0 Å². The molecule has 3 amide bonds. The van der Waals surface area contributed by atoms with Crippen molar-refractivity contribution in [3.05, 3.63) is 85.3 Å². The lowest BCUT2D eigenvalue weighted by atomic mass is 9.92. The fourth-order valence-corrected chi connectivity index (χ4v) is 3.78. The van der Waals surface area contributed by atoms with Crippen LogP contribution in [0, 0.1) is 24.0 Å². The Morgan fingerprint density at radius 3 is 2.42 bits per heavy atom. The molecule has 1 fully saturated rings. The van der Waals surface area contributed by atoms with E-state index < -0.39 is 28.0 Å². The maximum Gasteiger partial charge on any atom is 0.336 e. The Balaban J connectivity index is 1.71. The molecule has 0 saturated carbocycles. The van der Waals surface area contributed by atoms with E-state index in [-0.39, 0.29) is 12.2 Å². The van der Waals surface area contributed by atoms with Gasteiger partial charge in [-0.3, -0.25) is 19.8 Å². The highest BCUT2D eigenvalue weighted by Gasteiger charge is 2.49. The summed E-state index contributed by atoms with van der Waals surface area (Å²) >= 11 is 0. The second kappa shape index (κ2) is 7.05. The van der Waals surface area contributed by atoms with Crippen LogP contribution >= 0.6 is 0 Å². The molecule has 9 nitrogen and oxygen atoms in total. The zero-order valence-electron chi connectivity index (χ0n) is 17.1. The predicted molar refractivity (Wildman–Crippen MR) is 111 cm³/mol. The first-order valence-electron chi connectivity index (χ1n) is 9.54. The Kier molecular flexibility index (Phi) is 4.61. The molecule has 3 aromatic rings. The van der Waals surface area contributed by atoms with E-state index in [1.165, 1.54) is 30.3 Å². The third-order valence-corrected chi connectivity index (χ3v) is 5.78. The SMILES string of the molecule is Cc1ccc2c(CN3C(=O)NC(C)(c4ccc([N+](=O)[O-])cc4)C3=O)cc(=O)oc2c1C. The van der Waals surface area contributed by atoms with Gasteiger partial charge in [0.2, 0.25) is 0 Å². The summed E-state index contributed by atoms with van der Waals surface area (Å²) in [5.41, 5.74) is 1.03. The molecule has 9 heteroatoms. The number of aryl methyl sites for hydroxylation is 2. The van der Waals surface area contributed by atoms with E-state index in [0.29, 0.717) is 22.1 Å². The third kappa shape index (κ3) is 3.24. The average Bonchev–Trinajstić information content (AvgIpc) is 2.95. The standard InChI is InChI=1S/C22H19N3O6/c1-12-4-9-17-14(10-18(26)31-19(17)13(12)2)11-24-20(27)22(3,23-21(24)28)15-5-7-16(8-6-15)25(29)30/h4-10H,11H2,1-3H3,(H,23,28). The van der Waals surface area contributed by atoms with Crippen molar-refractivity contribution >= 4 is 28.6 Å². The van der Waals surface area contributed by atoms with Gasteiger partial charge in [-0.05, 0) is 55.2 Å². The molecule has 1 atom stereocenters. The number of nitrogens with one attached hydrogen (secondary N) is 1. The maximum atomic E-state index is 13.2. The van der Waals surface area contributed by atoms with Gasteiger partial charge >= 0.3 is 11.7 Å². The number of rotatable bonds is 4. The number of imide groups is 1. The molecule has 31 heavy (non-hydrogen) atoms. The highest BCUT2D eigenvalue weighted by molar-refractivity contribution is 6.07. The van der Waals surface area contributed by atoms with Gasteiger partial charge in [0, 0.05) is 23.6 Å². The van der Waals surface area contributed by atoms with Crippen LogP contribution in [0.4, 0.5) is 10.5 Å². The number of urea groups is 1. The van der Waals surface area contributed by atoms with Crippen LogP contribution in [-0.4, -0.2) is 21.8 Å². The summed E-state index contributed by atoms with van der Waals surface area (Å²) in [7, 11) is 0. The van der Waals surface area contributed by atoms with Crippen molar-refractivity contribution < 1.29 is 18.9 Å². The molecule has 0 aliphatic carbocycles. The average molecular weight is 421 g/mol. The number of nitrogens with zero attached hydrogens (tertiary/aromatic N) is 2. The van der Waals surface area contributed by atoms with Gasteiger partial charge in [-0.1, -0.05) is 12.1 Å². The molecule has 0 radical (unpaired) electrons. The zero-order chi connectivity index (χ0) is 22.5. The monoisotopic (exact) mass is 421 g/mol. The minimum Gasteiger partial charge on any atom is -0.422 e. The molecule has 1 aliphatic rings. The largest absolute Gasteiger partial charge is 0.422 e. The van der Waals surface area contributed by atoms with Crippen LogP contribution in [0.3, 0.4) is 0 Å². The molecule has 1 unspecified atom stereocenters. The van der Waals surface area contributed by atoms with Crippen molar-refractivity contribution in [3.8, 4) is 0 Å². The van der Waals surface area contributed by atoms with Crippen molar-refractivity contribution in [2.75, 3.05) is 0 Å². The number of nitro groups is 1. The molecule has 1 aliphatic heterocycles. The minimum absolute atomic E-state index is 0.113. The Bertz CT molecular complexity index is 1310. The van der Waals surface area contributed by atoms with Crippen LogP contribution in [-0.2, 0) is 16.9 Å². The van der Waals surface area contributed by atoms with Gasteiger partial charge in [-0.25, -0.2) is 9.59 Å². The molecule has 0 spiro atoms. The van der Waals surface area contributed by atoms with Crippen molar-refractivity contribution in [1.29, 1.82) is 0 Å². The highest BCUT2D eigenvalue weighted by Crippen LogP contribution is 2.32. The molecule has 1 saturated heterocycles. The van der Waals surface area contributed by atoms with Gasteiger partial charge in [0.05, 0.1) is 11.5 Å². The summed E-state index contributed by atoms with van der Waals surface area (Å²) in [6.45, 7) is 5.16. The second-order valence-electron chi connectivity index (χ2n) is 7.73. The van der Waals surface area contributed by atoms with Crippen molar-refractivity contribution in [2.24, 2.45) is 0 Å². The molecule has 2 aromatic carbocycles. The van der Waals surface area contributed by atoms with Gasteiger partial charge < -0.3 is 9.73 Å². The van der Waals surface area contributed by atoms with E-state index in [2.05, 4.69) is 5.32 Å². The number of amides is 3. The van der Waals surface area contributed by atoms with Crippen LogP contribution in [0.25, 0.3) is 11.0 Å². The van der Waals surface area contributed by atoms with E-state index >= 15 is 0 Å².